The number of aliphatic hydroxyl groups excluding tert-OH is 1. The Hall–Kier alpha value is -0.740. The van der Waals surface area contributed by atoms with Crippen LogP contribution in [0.2, 0.25) is 0 Å². The summed E-state index contributed by atoms with van der Waals surface area (Å²) in [5, 5.41) is 8.51. The molecule has 0 aromatic rings. The lowest BCUT2D eigenvalue weighted by Crippen LogP contribution is -1.79. The van der Waals surface area contributed by atoms with Gasteiger partial charge in [0.05, 0.1) is 0 Å². The molecule has 0 aliphatic rings. The topological polar surface area (TPSA) is 20.2 Å². The fourth-order valence-corrected chi connectivity index (χ4v) is 0.913. The standard InChI is InChI=1S/C12H20O/c1-2-3-4-5-6-7-8-9-10-11-12-13/h7-8,13H,2-4,9-12H2,1H3/b8-7+. The summed E-state index contributed by atoms with van der Waals surface area (Å²) in [5.41, 5.74) is 0. The van der Waals surface area contributed by atoms with Crippen molar-refractivity contribution in [1.29, 1.82) is 0 Å². The van der Waals surface area contributed by atoms with E-state index in [0.717, 1.165) is 25.7 Å². The summed E-state index contributed by atoms with van der Waals surface area (Å²) in [6.07, 6.45) is 10.4. The van der Waals surface area contributed by atoms with Crippen LogP contribution in [0.3, 0.4) is 0 Å². The van der Waals surface area contributed by atoms with E-state index in [1.807, 2.05) is 6.08 Å². The van der Waals surface area contributed by atoms with Gasteiger partial charge in [-0.1, -0.05) is 31.3 Å². The second-order valence-electron chi connectivity index (χ2n) is 3.05. The lowest BCUT2D eigenvalue weighted by molar-refractivity contribution is 0.285. The highest BCUT2D eigenvalue weighted by atomic mass is 16.2. The Morgan fingerprint density at radius 1 is 1.23 bits per heavy atom. The highest BCUT2D eigenvalue weighted by Crippen LogP contribution is 1.95. The summed E-state index contributed by atoms with van der Waals surface area (Å²) in [5.74, 6) is 6.10. The minimum Gasteiger partial charge on any atom is -0.396 e. The van der Waals surface area contributed by atoms with Crippen molar-refractivity contribution >= 4 is 0 Å². The first-order chi connectivity index (χ1) is 6.41. The van der Waals surface area contributed by atoms with Crippen LogP contribution in [0.25, 0.3) is 0 Å². The first kappa shape index (κ1) is 12.3. The Labute approximate surface area is 81.9 Å². The van der Waals surface area contributed by atoms with Crippen molar-refractivity contribution in [3.05, 3.63) is 12.2 Å². The normalized spacial score (nSPS) is 10.0. The van der Waals surface area contributed by atoms with Crippen molar-refractivity contribution in [2.75, 3.05) is 6.61 Å². The minimum absolute atomic E-state index is 0.302. The molecule has 0 aliphatic heterocycles. The zero-order chi connectivity index (χ0) is 9.78. The van der Waals surface area contributed by atoms with Crippen LogP contribution < -0.4 is 0 Å². The maximum atomic E-state index is 8.51. The third-order valence-corrected chi connectivity index (χ3v) is 1.74. The third kappa shape index (κ3) is 11.3. The van der Waals surface area contributed by atoms with Gasteiger partial charge >= 0.3 is 0 Å². The Morgan fingerprint density at radius 3 is 2.77 bits per heavy atom. The van der Waals surface area contributed by atoms with Gasteiger partial charge in [0.1, 0.15) is 0 Å². The molecule has 0 bridgehead atoms. The van der Waals surface area contributed by atoms with Gasteiger partial charge in [0.15, 0.2) is 0 Å². The van der Waals surface area contributed by atoms with Crippen molar-refractivity contribution < 1.29 is 5.11 Å². The highest BCUT2D eigenvalue weighted by molar-refractivity contribution is 5.14. The molecule has 1 heteroatoms. The van der Waals surface area contributed by atoms with Crippen LogP contribution in [0, 0.1) is 11.8 Å². The van der Waals surface area contributed by atoms with Gasteiger partial charge in [-0.2, -0.15) is 0 Å². The van der Waals surface area contributed by atoms with E-state index >= 15 is 0 Å². The number of hydrogen-bond donors (Lipinski definition) is 1. The van der Waals surface area contributed by atoms with Crippen molar-refractivity contribution in [2.45, 2.75) is 45.4 Å². The number of allylic oxidation sites excluding steroid dienone is 2. The molecule has 0 aliphatic carbocycles. The monoisotopic (exact) mass is 180 g/mol. The van der Waals surface area contributed by atoms with Crippen LogP contribution in [0.4, 0.5) is 0 Å². The maximum absolute atomic E-state index is 8.51. The van der Waals surface area contributed by atoms with Gasteiger partial charge in [-0.05, 0) is 31.8 Å². The summed E-state index contributed by atoms with van der Waals surface area (Å²) < 4.78 is 0. The van der Waals surface area contributed by atoms with Gasteiger partial charge in [0, 0.05) is 13.0 Å². The summed E-state index contributed by atoms with van der Waals surface area (Å²) in [7, 11) is 0. The van der Waals surface area contributed by atoms with Crippen LogP contribution in [-0.4, -0.2) is 11.7 Å². The Balaban J connectivity index is 3.22. The molecule has 0 saturated heterocycles. The second-order valence-corrected chi connectivity index (χ2v) is 3.05. The molecule has 13 heavy (non-hydrogen) atoms. The molecule has 0 unspecified atom stereocenters. The third-order valence-electron chi connectivity index (χ3n) is 1.74. The van der Waals surface area contributed by atoms with E-state index in [0.29, 0.717) is 6.61 Å². The molecular weight excluding hydrogens is 160 g/mol. The van der Waals surface area contributed by atoms with Crippen LogP contribution in [0.1, 0.15) is 45.4 Å². The van der Waals surface area contributed by atoms with Gasteiger partial charge < -0.3 is 5.11 Å². The number of hydrogen-bond acceptors (Lipinski definition) is 1. The van der Waals surface area contributed by atoms with E-state index in [4.69, 9.17) is 5.11 Å². The molecule has 0 saturated carbocycles. The number of rotatable bonds is 6. The lowest BCUT2D eigenvalue weighted by atomic mass is 10.2. The zero-order valence-corrected chi connectivity index (χ0v) is 8.55. The molecule has 0 rings (SSSR count). The Morgan fingerprint density at radius 2 is 2.08 bits per heavy atom. The largest absolute Gasteiger partial charge is 0.396 e. The predicted octanol–water partition coefficient (Wildman–Crippen LogP) is 2.90. The lowest BCUT2D eigenvalue weighted by Gasteiger charge is -1.88. The van der Waals surface area contributed by atoms with E-state index in [1.54, 1.807) is 0 Å². The molecule has 74 valence electrons. The summed E-state index contributed by atoms with van der Waals surface area (Å²) in [4.78, 5) is 0. The van der Waals surface area contributed by atoms with Gasteiger partial charge in [0.25, 0.3) is 0 Å². The SMILES string of the molecule is CCCCC#C/C=C/CCCCO. The molecule has 0 atom stereocenters. The van der Waals surface area contributed by atoms with E-state index < -0.39 is 0 Å². The first-order valence-corrected chi connectivity index (χ1v) is 5.16. The van der Waals surface area contributed by atoms with Crippen LogP contribution >= 0.6 is 0 Å². The molecule has 0 fully saturated rings. The second kappa shape index (κ2) is 11.3. The molecule has 1 N–H and O–H groups in total. The zero-order valence-electron chi connectivity index (χ0n) is 8.55. The van der Waals surface area contributed by atoms with E-state index in [1.165, 1.54) is 12.8 Å². The van der Waals surface area contributed by atoms with Crippen LogP contribution in [0.5, 0.6) is 0 Å². The molecular formula is C12H20O. The van der Waals surface area contributed by atoms with Crippen molar-refractivity contribution in [2.24, 2.45) is 0 Å². The molecule has 0 aromatic carbocycles. The van der Waals surface area contributed by atoms with Crippen LogP contribution in [-0.2, 0) is 0 Å². The van der Waals surface area contributed by atoms with E-state index in [9.17, 15) is 0 Å². The summed E-state index contributed by atoms with van der Waals surface area (Å²) in [6, 6.07) is 0. The molecule has 0 amide bonds. The molecule has 1 nitrogen and oxygen atoms in total. The summed E-state index contributed by atoms with van der Waals surface area (Å²) in [6.45, 7) is 2.47. The molecule has 0 spiro atoms. The quantitative estimate of drug-likeness (QED) is 0.492. The fraction of sp³-hybridized carbons (Fsp3) is 0.667. The maximum Gasteiger partial charge on any atom is 0.0431 e. The van der Waals surface area contributed by atoms with Gasteiger partial charge in [-0.25, -0.2) is 0 Å². The summed E-state index contributed by atoms with van der Waals surface area (Å²) >= 11 is 0. The number of aliphatic hydroxyl groups is 1. The van der Waals surface area contributed by atoms with Gasteiger partial charge in [-0.15, -0.1) is 0 Å². The van der Waals surface area contributed by atoms with E-state index in [-0.39, 0.29) is 0 Å². The van der Waals surface area contributed by atoms with Crippen molar-refractivity contribution in [1.82, 2.24) is 0 Å². The average molecular weight is 180 g/mol. The molecule has 0 heterocycles. The predicted molar refractivity (Wildman–Crippen MR) is 57.4 cm³/mol. The highest BCUT2D eigenvalue weighted by Gasteiger charge is 1.80. The van der Waals surface area contributed by atoms with Crippen molar-refractivity contribution in [3.8, 4) is 11.8 Å². The number of unbranched alkanes of at least 4 members (excludes halogenated alkanes) is 4. The fourth-order valence-electron chi connectivity index (χ4n) is 0.913. The van der Waals surface area contributed by atoms with Crippen molar-refractivity contribution in [3.63, 3.8) is 0 Å². The minimum atomic E-state index is 0.302. The van der Waals surface area contributed by atoms with Gasteiger partial charge in [0.2, 0.25) is 0 Å². The Bertz CT molecular complexity index is 171. The van der Waals surface area contributed by atoms with Crippen LogP contribution in [0.15, 0.2) is 12.2 Å². The molecule has 0 aromatic heterocycles. The first-order valence-electron chi connectivity index (χ1n) is 5.16. The van der Waals surface area contributed by atoms with E-state index in [2.05, 4.69) is 24.8 Å². The smallest absolute Gasteiger partial charge is 0.0431 e. The molecule has 0 radical (unpaired) electrons. The van der Waals surface area contributed by atoms with Gasteiger partial charge in [-0.3, -0.25) is 0 Å². The average Bonchev–Trinajstić information content (AvgIpc) is 2.16. The Kier molecular flexibility index (Phi) is 10.6.